The van der Waals surface area contributed by atoms with Crippen molar-refractivity contribution in [2.45, 2.75) is 38.0 Å². The average Bonchev–Trinajstić information content (AvgIpc) is 2.54. The van der Waals surface area contributed by atoms with Gasteiger partial charge in [-0.25, -0.2) is 0 Å². The Hall–Kier alpha value is 1.55. The fraction of sp³-hybridized carbons (Fsp3) is 0.778. The van der Waals surface area contributed by atoms with Crippen LogP contribution in [0.4, 0.5) is 0 Å². The average molecular weight is 326 g/mol. The van der Waals surface area contributed by atoms with Crippen LogP contribution in [0.3, 0.4) is 0 Å². The summed E-state index contributed by atoms with van der Waals surface area (Å²) in [7, 11) is 11.4. The third-order valence-corrected chi connectivity index (χ3v) is 11.5. The van der Waals surface area contributed by atoms with Crippen LogP contribution >= 0.6 is 44.9 Å². The Bertz CT molecular complexity index is 324. The number of hydrogen-bond acceptors (Lipinski definition) is 2. The van der Waals surface area contributed by atoms with Gasteiger partial charge in [-0.15, -0.1) is 8.93 Å². The highest BCUT2D eigenvalue weighted by Gasteiger charge is 2.52. The molecule has 1 aliphatic rings. The molecule has 1 heterocycles. The smallest absolute Gasteiger partial charge is 0.157 e. The predicted molar refractivity (Wildman–Crippen MR) is 86.0 cm³/mol. The molecule has 0 aromatic rings. The van der Waals surface area contributed by atoms with E-state index in [-0.39, 0.29) is 12.0 Å². The Morgan fingerprint density at radius 1 is 1.71 bits per heavy atom. The minimum absolute atomic E-state index is 0.0729. The van der Waals surface area contributed by atoms with Crippen molar-refractivity contribution in [1.29, 1.82) is 0 Å². The van der Waals surface area contributed by atoms with E-state index in [9.17, 15) is 0 Å². The van der Waals surface area contributed by atoms with E-state index in [0.29, 0.717) is 7.96 Å². The first kappa shape index (κ1) is 16.6. The molecule has 4 unspecified atom stereocenters. The highest BCUT2D eigenvalue weighted by molar-refractivity contribution is 8.59. The van der Waals surface area contributed by atoms with Crippen molar-refractivity contribution in [2.24, 2.45) is 5.92 Å². The summed E-state index contributed by atoms with van der Waals surface area (Å²) in [5.74, 6) is 3.04. The molecule has 0 saturated carbocycles. The molecule has 0 aromatic carbocycles. The fourth-order valence-corrected chi connectivity index (χ4v) is 4.45. The summed E-state index contributed by atoms with van der Waals surface area (Å²) in [5.41, 5.74) is -0.778. The largest absolute Gasteiger partial charge is 0.380 e. The van der Waals surface area contributed by atoms with Gasteiger partial charge in [0.15, 0.2) is 5.60 Å². The Morgan fingerprint density at radius 2 is 2.35 bits per heavy atom. The lowest BCUT2D eigenvalue weighted by Gasteiger charge is -2.33. The van der Waals surface area contributed by atoms with E-state index in [1.165, 1.54) is 0 Å². The third kappa shape index (κ3) is 3.56. The maximum Gasteiger partial charge on any atom is 0.157 e. The minimum Gasteiger partial charge on any atom is -0.380 e. The topological polar surface area (TPSA) is 18.5 Å². The van der Waals surface area contributed by atoms with Gasteiger partial charge in [0.05, 0.1) is 19.6 Å². The Kier molecular flexibility index (Phi) is 7.20. The summed E-state index contributed by atoms with van der Waals surface area (Å²) in [5, 5.41) is 2.42. The molecule has 1 saturated heterocycles. The van der Waals surface area contributed by atoms with E-state index in [4.69, 9.17) is 28.7 Å². The first-order valence-electron chi connectivity index (χ1n) is 5.25. The van der Waals surface area contributed by atoms with Crippen molar-refractivity contribution in [3.63, 3.8) is 0 Å². The molecule has 8 heteroatoms. The van der Waals surface area contributed by atoms with E-state index >= 15 is 0 Å². The van der Waals surface area contributed by atoms with Crippen molar-refractivity contribution in [1.82, 2.24) is 0 Å². The molecule has 94 valence electrons. The van der Waals surface area contributed by atoms with Crippen molar-refractivity contribution in [3.8, 4) is 11.3 Å². The fourth-order valence-electron chi connectivity index (χ4n) is 2.00. The number of halogens is 1. The summed E-state index contributed by atoms with van der Waals surface area (Å²) in [6, 6.07) is -0.541. The number of ether oxygens (including phenoxy) is 1. The molecule has 0 amide bonds. The Labute approximate surface area is 117 Å². The molecule has 0 bridgehead atoms. The molecule has 0 aromatic heterocycles. The first-order chi connectivity index (χ1) is 8.01. The van der Waals surface area contributed by atoms with Crippen molar-refractivity contribution >= 4 is 52.8 Å². The molecule has 1 fully saturated rings. The summed E-state index contributed by atoms with van der Waals surface area (Å²) < 4.78 is 11.8. The van der Waals surface area contributed by atoms with Gasteiger partial charge in [-0.3, -0.25) is 0 Å². The number of hydrogen-bond donors (Lipinski definition) is 0. The molecule has 0 N–H and O–H groups in total. The quantitative estimate of drug-likeness (QED) is 0.447. The lowest BCUT2D eigenvalue weighted by Crippen LogP contribution is -2.43. The zero-order valence-electron chi connectivity index (χ0n) is 9.81. The van der Waals surface area contributed by atoms with Gasteiger partial charge in [0.25, 0.3) is 0 Å². The standard InChI is InChI=1S/C9H16BClO2P4/c1-3-7-6(2)9(4-5-11,8(10)12-7)13-17(15)16-14/h6-8,16H,3,14-15H2,1-2H3/t6-,7-,8-,9-,17?/m1/s1. The van der Waals surface area contributed by atoms with Gasteiger partial charge in [0.2, 0.25) is 0 Å². The highest BCUT2D eigenvalue weighted by Crippen LogP contribution is 2.69. The van der Waals surface area contributed by atoms with Gasteiger partial charge in [0.1, 0.15) is 7.85 Å². The van der Waals surface area contributed by atoms with Crippen LogP contribution in [0.15, 0.2) is 0 Å². The van der Waals surface area contributed by atoms with E-state index < -0.39 is 19.1 Å². The van der Waals surface area contributed by atoms with Gasteiger partial charge < -0.3 is 9.26 Å². The normalized spacial score (nSPS) is 39.2. The zero-order chi connectivity index (χ0) is 13.1. The summed E-state index contributed by atoms with van der Waals surface area (Å²) in [6.45, 7) is 4.13. The molecule has 1 rings (SSSR count). The van der Waals surface area contributed by atoms with Crippen LogP contribution in [-0.2, 0) is 9.26 Å². The molecule has 8 atom stereocenters. The highest BCUT2D eigenvalue weighted by atomic mass is 35.5. The monoisotopic (exact) mass is 326 g/mol. The van der Waals surface area contributed by atoms with Gasteiger partial charge in [-0.2, -0.15) is 0 Å². The van der Waals surface area contributed by atoms with Crippen LogP contribution in [-0.4, -0.2) is 25.6 Å². The van der Waals surface area contributed by atoms with Crippen LogP contribution in [0, 0.1) is 17.2 Å². The molecule has 17 heavy (non-hydrogen) atoms. The molecular weight excluding hydrogens is 310 g/mol. The van der Waals surface area contributed by atoms with Gasteiger partial charge in [0, 0.05) is 11.3 Å². The van der Waals surface area contributed by atoms with Gasteiger partial charge >= 0.3 is 0 Å². The summed E-state index contributed by atoms with van der Waals surface area (Å²) >= 11 is 5.56. The van der Waals surface area contributed by atoms with Crippen LogP contribution in [0.1, 0.15) is 20.3 Å². The lowest BCUT2D eigenvalue weighted by atomic mass is 9.76. The molecule has 0 spiro atoms. The van der Waals surface area contributed by atoms with E-state index in [1.54, 1.807) is 0 Å². The van der Waals surface area contributed by atoms with Gasteiger partial charge in [-0.05, 0) is 31.9 Å². The second-order valence-corrected chi connectivity index (χ2v) is 12.5. The number of rotatable bonds is 4. The van der Waals surface area contributed by atoms with E-state index in [0.717, 1.165) is 6.42 Å². The molecule has 0 aliphatic carbocycles. The van der Waals surface area contributed by atoms with Gasteiger partial charge in [-0.1, -0.05) is 22.8 Å². The van der Waals surface area contributed by atoms with Crippen LogP contribution in [0.25, 0.3) is 0 Å². The van der Waals surface area contributed by atoms with Crippen molar-refractivity contribution in [3.05, 3.63) is 0 Å². The summed E-state index contributed by atoms with van der Waals surface area (Å²) in [6.07, 6.45) is 0.964. The SMILES string of the molecule is [B][C@@H]1O[C@H](CC)[C@@H](C)[C@@]1(C#CCl)OP(P)PP. The Balaban J connectivity index is 3.00. The Morgan fingerprint density at radius 3 is 2.76 bits per heavy atom. The molecule has 2 nitrogen and oxygen atoms in total. The second-order valence-electron chi connectivity index (χ2n) is 3.85. The van der Waals surface area contributed by atoms with Crippen LogP contribution in [0.5, 0.6) is 0 Å². The first-order valence-corrected chi connectivity index (χ1v) is 12.2. The minimum atomic E-state index is -0.778. The maximum atomic E-state index is 6.06. The van der Waals surface area contributed by atoms with E-state index in [2.05, 4.69) is 43.0 Å². The third-order valence-electron chi connectivity index (χ3n) is 3.00. The molecular formula is C9H16BClO2P4. The molecule has 1 aliphatic heterocycles. The van der Waals surface area contributed by atoms with Crippen LogP contribution in [0.2, 0.25) is 0 Å². The maximum absolute atomic E-state index is 6.06. The van der Waals surface area contributed by atoms with Crippen molar-refractivity contribution < 1.29 is 9.26 Å². The lowest BCUT2D eigenvalue weighted by molar-refractivity contribution is 0.0503. The van der Waals surface area contributed by atoms with Crippen molar-refractivity contribution in [2.75, 3.05) is 0 Å². The molecule has 2 radical (unpaired) electrons. The van der Waals surface area contributed by atoms with Crippen LogP contribution < -0.4 is 0 Å². The van der Waals surface area contributed by atoms with E-state index in [1.807, 2.05) is 0 Å². The summed E-state index contributed by atoms with van der Waals surface area (Å²) in [4.78, 5) is 0. The zero-order valence-corrected chi connectivity index (χ0v) is 14.8. The second kappa shape index (κ2) is 7.37. The predicted octanol–water partition coefficient (Wildman–Crippen LogP) is 3.45.